The van der Waals surface area contributed by atoms with Crippen LogP contribution < -0.4 is 5.73 Å². The molecule has 0 aliphatic carbocycles. The molecule has 0 radical (unpaired) electrons. The highest BCUT2D eigenvalue weighted by Crippen LogP contribution is 2.33. The van der Waals surface area contributed by atoms with Crippen molar-refractivity contribution in [1.29, 1.82) is 0 Å². The molecule has 0 saturated heterocycles. The molecule has 0 fully saturated rings. The molecule has 2 heterocycles. The fourth-order valence-corrected chi connectivity index (χ4v) is 2.45. The van der Waals surface area contributed by atoms with Crippen LogP contribution in [0.15, 0.2) is 10.6 Å². The van der Waals surface area contributed by atoms with Crippen LogP contribution in [0.1, 0.15) is 24.5 Å². The summed E-state index contributed by atoms with van der Waals surface area (Å²) in [6, 6.07) is 2.01. The lowest BCUT2D eigenvalue weighted by Crippen LogP contribution is -2.09. The van der Waals surface area contributed by atoms with Gasteiger partial charge in [-0.3, -0.25) is 0 Å². The van der Waals surface area contributed by atoms with Gasteiger partial charge in [0, 0.05) is 18.4 Å². The number of methoxy groups -OCH3 is 1. The lowest BCUT2D eigenvalue weighted by Gasteiger charge is -2.03. The van der Waals surface area contributed by atoms with E-state index < -0.39 is 0 Å². The third-order valence-electron chi connectivity index (χ3n) is 2.73. The average molecular weight is 267 g/mol. The molecule has 2 aromatic heterocycles. The first-order valence-electron chi connectivity index (χ1n) is 5.88. The maximum atomic E-state index is 5.95. The predicted molar refractivity (Wildman–Crippen MR) is 71.6 cm³/mol. The molecule has 2 rings (SSSR count). The standard InChI is InChI=1S/C12H17N3O2S/c1-4-8-6-9(11(13)18-8)12-14-10(15-17-12)5-7(2)16-3/h6-7H,4-5,13H2,1-3H3. The number of nitrogen functional groups attached to an aromatic ring is 1. The number of hydrogen-bond acceptors (Lipinski definition) is 6. The molecule has 98 valence electrons. The van der Waals surface area contributed by atoms with Crippen molar-refractivity contribution in [2.45, 2.75) is 32.8 Å². The van der Waals surface area contributed by atoms with Crippen LogP contribution >= 0.6 is 11.3 Å². The van der Waals surface area contributed by atoms with E-state index in [1.165, 1.54) is 4.88 Å². The summed E-state index contributed by atoms with van der Waals surface area (Å²) in [5.74, 6) is 1.13. The number of aryl methyl sites for hydroxylation is 1. The van der Waals surface area contributed by atoms with Gasteiger partial charge in [-0.05, 0) is 19.4 Å². The molecule has 18 heavy (non-hydrogen) atoms. The number of hydrogen-bond donors (Lipinski definition) is 1. The van der Waals surface area contributed by atoms with Gasteiger partial charge in [0.1, 0.15) is 0 Å². The number of nitrogens with zero attached hydrogens (tertiary/aromatic N) is 2. The second kappa shape index (κ2) is 5.49. The van der Waals surface area contributed by atoms with Crippen molar-refractivity contribution in [3.05, 3.63) is 16.8 Å². The zero-order chi connectivity index (χ0) is 13.1. The molecule has 0 saturated carbocycles. The second-order valence-electron chi connectivity index (χ2n) is 4.11. The highest BCUT2D eigenvalue weighted by molar-refractivity contribution is 7.16. The Balaban J connectivity index is 2.20. The molecule has 1 unspecified atom stereocenters. The van der Waals surface area contributed by atoms with E-state index in [1.54, 1.807) is 18.4 Å². The van der Waals surface area contributed by atoms with Gasteiger partial charge in [0.05, 0.1) is 16.7 Å². The van der Waals surface area contributed by atoms with Gasteiger partial charge in [0.25, 0.3) is 5.89 Å². The van der Waals surface area contributed by atoms with Gasteiger partial charge in [-0.15, -0.1) is 11.3 Å². The molecule has 2 N–H and O–H groups in total. The molecule has 0 aliphatic rings. The van der Waals surface area contributed by atoms with Crippen molar-refractivity contribution in [3.8, 4) is 11.5 Å². The van der Waals surface area contributed by atoms with Crippen LogP contribution in [-0.4, -0.2) is 23.4 Å². The first-order chi connectivity index (χ1) is 8.63. The van der Waals surface area contributed by atoms with Crippen molar-refractivity contribution in [2.24, 2.45) is 0 Å². The molecule has 0 amide bonds. The summed E-state index contributed by atoms with van der Waals surface area (Å²) >= 11 is 1.56. The molecular weight excluding hydrogens is 250 g/mol. The summed E-state index contributed by atoms with van der Waals surface area (Å²) in [6.07, 6.45) is 1.66. The molecule has 0 spiro atoms. The van der Waals surface area contributed by atoms with Gasteiger partial charge in [-0.1, -0.05) is 12.1 Å². The Bertz CT molecular complexity index is 521. The molecular formula is C12H17N3O2S. The third kappa shape index (κ3) is 2.70. The van der Waals surface area contributed by atoms with Gasteiger partial charge >= 0.3 is 0 Å². The normalized spacial score (nSPS) is 12.8. The Morgan fingerprint density at radius 2 is 2.33 bits per heavy atom. The van der Waals surface area contributed by atoms with E-state index in [4.69, 9.17) is 15.0 Å². The Labute approximate surface area is 110 Å². The van der Waals surface area contributed by atoms with Crippen molar-refractivity contribution in [1.82, 2.24) is 10.1 Å². The Hall–Kier alpha value is -1.40. The van der Waals surface area contributed by atoms with Crippen LogP contribution in [0.4, 0.5) is 5.00 Å². The van der Waals surface area contributed by atoms with E-state index in [1.807, 2.05) is 13.0 Å². The summed E-state index contributed by atoms with van der Waals surface area (Å²) in [5, 5.41) is 4.66. The SMILES string of the molecule is CCc1cc(-c2nc(CC(C)OC)no2)c(N)s1. The van der Waals surface area contributed by atoms with Gasteiger partial charge in [0.2, 0.25) is 0 Å². The molecule has 0 bridgehead atoms. The smallest absolute Gasteiger partial charge is 0.260 e. The second-order valence-corrected chi connectivity index (χ2v) is 5.28. The first-order valence-corrected chi connectivity index (χ1v) is 6.69. The predicted octanol–water partition coefficient (Wildman–Crippen LogP) is 2.52. The first kappa shape index (κ1) is 13.0. The monoisotopic (exact) mass is 267 g/mol. The minimum Gasteiger partial charge on any atom is -0.390 e. The van der Waals surface area contributed by atoms with E-state index in [9.17, 15) is 0 Å². The highest BCUT2D eigenvalue weighted by Gasteiger charge is 2.16. The maximum Gasteiger partial charge on any atom is 0.260 e. The number of aromatic nitrogens is 2. The summed E-state index contributed by atoms with van der Waals surface area (Å²) in [7, 11) is 1.66. The molecule has 0 aromatic carbocycles. The van der Waals surface area contributed by atoms with E-state index in [0.717, 1.165) is 17.0 Å². The molecule has 6 heteroatoms. The zero-order valence-corrected chi connectivity index (χ0v) is 11.6. The van der Waals surface area contributed by atoms with Crippen LogP contribution in [0, 0.1) is 0 Å². The van der Waals surface area contributed by atoms with Crippen LogP contribution in [0.2, 0.25) is 0 Å². The van der Waals surface area contributed by atoms with Gasteiger partial charge in [-0.25, -0.2) is 0 Å². The zero-order valence-electron chi connectivity index (χ0n) is 10.8. The Morgan fingerprint density at radius 1 is 1.56 bits per heavy atom. The topological polar surface area (TPSA) is 74.2 Å². The van der Waals surface area contributed by atoms with E-state index >= 15 is 0 Å². The molecule has 5 nitrogen and oxygen atoms in total. The lowest BCUT2D eigenvalue weighted by atomic mass is 10.2. The molecule has 2 aromatic rings. The van der Waals surface area contributed by atoms with Crippen LogP contribution in [0.5, 0.6) is 0 Å². The summed E-state index contributed by atoms with van der Waals surface area (Å²) < 4.78 is 10.4. The van der Waals surface area contributed by atoms with Gasteiger partial charge in [0.15, 0.2) is 5.82 Å². The fraction of sp³-hybridized carbons (Fsp3) is 0.500. The minimum atomic E-state index is 0.0708. The number of thiophene rings is 1. The molecule has 0 aliphatic heterocycles. The van der Waals surface area contributed by atoms with Crippen molar-refractivity contribution in [3.63, 3.8) is 0 Å². The van der Waals surface area contributed by atoms with Gasteiger partial charge < -0.3 is 15.0 Å². The van der Waals surface area contributed by atoms with Crippen LogP contribution in [0.25, 0.3) is 11.5 Å². The van der Waals surface area contributed by atoms with Gasteiger partial charge in [-0.2, -0.15) is 4.98 Å². The number of ether oxygens (including phenoxy) is 1. The van der Waals surface area contributed by atoms with E-state index in [2.05, 4.69) is 17.1 Å². The number of rotatable bonds is 5. The van der Waals surface area contributed by atoms with Crippen molar-refractivity contribution >= 4 is 16.3 Å². The Morgan fingerprint density at radius 3 is 2.94 bits per heavy atom. The fourth-order valence-electron chi connectivity index (χ4n) is 1.59. The lowest BCUT2D eigenvalue weighted by molar-refractivity contribution is 0.116. The maximum absolute atomic E-state index is 5.95. The van der Waals surface area contributed by atoms with Crippen LogP contribution in [0.3, 0.4) is 0 Å². The summed E-state index contributed by atoms with van der Waals surface area (Å²) in [6.45, 7) is 4.05. The van der Waals surface area contributed by atoms with E-state index in [-0.39, 0.29) is 6.10 Å². The summed E-state index contributed by atoms with van der Waals surface area (Å²) in [5.41, 5.74) is 6.79. The van der Waals surface area contributed by atoms with Crippen molar-refractivity contribution in [2.75, 3.05) is 12.8 Å². The number of nitrogens with two attached hydrogens (primary N) is 1. The third-order valence-corrected chi connectivity index (χ3v) is 3.84. The highest BCUT2D eigenvalue weighted by atomic mass is 32.1. The van der Waals surface area contributed by atoms with Crippen molar-refractivity contribution < 1.29 is 9.26 Å². The average Bonchev–Trinajstić information content (AvgIpc) is 2.95. The molecule has 1 atom stereocenters. The summed E-state index contributed by atoms with van der Waals surface area (Å²) in [4.78, 5) is 5.56. The quantitative estimate of drug-likeness (QED) is 0.901. The number of anilines is 1. The Kier molecular flexibility index (Phi) is 3.98. The largest absolute Gasteiger partial charge is 0.390 e. The minimum absolute atomic E-state index is 0.0708. The van der Waals surface area contributed by atoms with Crippen LogP contribution in [-0.2, 0) is 17.6 Å². The van der Waals surface area contributed by atoms with E-state index in [0.29, 0.717) is 18.1 Å².